The van der Waals surface area contributed by atoms with Gasteiger partial charge in [-0.05, 0) is 38.1 Å². The van der Waals surface area contributed by atoms with Crippen molar-refractivity contribution in [2.24, 2.45) is 0 Å². The van der Waals surface area contributed by atoms with Crippen molar-refractivity contribution in [3.63, 3.8) is 0 Å². The number of benzene rings is 1. The SMILES string of the molecule is O=C(CCC(F)(F)F)CN1C(=O)C2(CCNCC2)c2c1cccc2C(F)(F)F. The number of piperidine rings is 1. The highest BCUT2D eigenvalue weighted by Crippen LogP contribution is 2.51. The van der Waals surface area contributed by atoms with E-state index in [0.29, 0.717) is 13.1 Å². The van der Waals surface area contributed by atoms with Crippen LogP contribution in [0.2, 0.25) is 0 Å². The number of carbonyl (C=O) groups is 2. The number of fused-ring (bicyclic) bond motifs is 2. The fourth-order valence-corrected chi connectivity index (χ4v) is 3.99. The Morgan fingerprint density at radius 2 is 1.75 bits per heavy atom. The van der Waals surface area contributed by atoms with Gasteiger partial charge in [0.15, 0.2) is 5.78 Å². The van der Waals surface area contributed by atoms with Gasteiger partial charge < -0.3 is 10.2 Å². The number of carbonyl (C=O) groups excluding carboxylic acids is 2. The van der Waals surface area contributed by atoms with Gasteiger partial charge in [0, 0.05) is 17.7 Å². The zero-order chi connectivity index (χ0) is 20.7. The maximum atomic E-state index is 13.6. The van der Waals surface area contributed by atoms with Crippen molar-refractivity contribution in [2.45, 2.75) is 43.5 Å². The van der Waals surface area contributed by atoms with Gasteiger partial charge in [-0.2, -0.15) is 26.3 Å². The number of halogens is 6. The zero-order valence-electron chi connectivity index (χ0n) is 14.7. The summed E-state index contributed by atoms with van der Waals surface area (Å²) < 4.78 is 77.9. The molecule has 1 N–H and O–H groups in total. The number of hydrogen-bond acceptors (Lipinski definition) is 3. The second-order valence-electron chi connectivity index (χ2n) is 7.07. The normalized spacial score (nSPS) is 19.2. The summed E-state index contributed by atoms with van der Waals surface area (Å²) in [6.07, 6.45) is -11.1. The molecule has 0 aromatic heterocycles. The van der Waals surface area contributed by atoms with Crippen LogP contribution in [-0.2, 0) is 21.2 Å². The van der Waals surface area contributed by atoms with E-state index < -0.39 is 54.4 Å². The highest BCUT2D eigenvalue weighted by Gasteiger charge is 2.55. The molecule has 2 heterocycles. The number of rotatable bonds is 4. The van der Waals surface area contributed by atoms with Gasteiger partial charge in [-0.25, -0.2) is 0 Å². The number of ketones is 1. The number of Topliss-reactive ketones (excluding diaryl/α,β-unsaturated/α-hetero) is 1. The molecular formula is C18H18F6N2O2. The summed E-state index contributed by atoms with van der Waals surface area (Å²) in [7, 11) is 0. The van der Waals surface area contributed by atoms with Crippen molar-refractivity contribution >= 4 is 17.4 Å². The van der Waals surface area contributed by atoms with Crippen molar-refractivity contribution in [1.29, 1.82) is 0 Å². The molecule has 1 saturated heterocycles. The molecule has 0 bridgehead atoms. The average Bonchev–Trinajstić information content (AvgIpc) is 2.82. The van der Waals surface area contributed by atoms with Gasteiger partial charge in [-0.3, -0.25) is 9.59 Å². The van der Waals surface area contributed by atoms with E-state index in [2.05, 4.69) is 5.32 Å². The molecule has 0 atom stereocenters. The van der Waals surface area contributed by atoms with Gasteiger partial charge in [0.25, 0.3) is 0 Å². The summed E-state index contributed by atoms with van der Waals surface area (Å²) in [5.74, 6) is -1.50. The molecule has 0 unspecified atom stereocenters. The van der Waals surface area contributed by atoms with Crippen LogP contribution >= 0.6 is 0 Å². The van der Waals surface area contributed by atoms with Crippen LogP contribution in [0.5, 0.6) is 0 Å². The van der Waals surface area contributed by atoms with Crippen LogP contribution in [0.15, 0.2) is 18.2 Å². The Morgan fingerprint density at radius 3 is 2.32 bits per heavy atom. The summed E-state index contributed by atoms with van der Waals surface area (Å²) in [4.78, 5) is 26.1. The van der Waals surface area contributed by atoms with Gasteiger partial charge >= 0.3 is 12.4 Å². The Balaban J connectivity index is 1.99. The standard InChI is InChI=1S/C18H18F6N2O2/c19-17(20,21)5-4-11(27)10-26-13-3-1-2-12(18(22,23)24)14(13)16(15(26)28)6-8-25-9-7-16/h1-3,25H,4-10H2. The summed E-state index contributed by atoms with van der Waals surface area (Å²) in [5.41, 5.74) is -2.57. The number of nitrogens with zero attached hydrogens (tertiary/aromatic N) is 1. The first-order valence-electron chi connectivity index (χ1n) is 8.77. The molecule has 4 nitrogen and oxygen atoms in total. The highest BCUT2D eigenvalue weighted by molar-refractivity contribution is 6.11. The molecule has 2 aliphatic heterocycles. The maximum Gasteiger partial charge on any atom is 0.416 e. The van der Waals surface area contributed by atoms with Crippen molar-refractivity contribution < 1.29 is 35.9 Å². The third kappa shape index (κ3) is 3.74. The highest BCUT2D eigenvalue weighted by atomic mass is 19.4. The van der Waals surface area contributed by atoms with Crippen LogP contribution in [-0.4, -0.2) is 37.5 Å². The molecule has 3 rings (SSSR count). The lowest BCUT2D eigenvalue weighted by Crippen LogP contribution is -2.48. The minimum absolute atomic E-state index is 0.0397. The molecule has 10 heteroatoms. The Labute approximate surface area is 156 Å². The second-order valence-corrected chi connectivity index (χ2v) is 7.07. The zero-order valence-corrected chi connectivity index (χ0v) is 14.7. The average molecular weight is 408 g/mol. The monoisotopic (exact) mass is 408 g/mol. The smallest absolute Gasteiger partial charge is 0.317 e. The largest absolute Gasteiger partial charge is 0.416 e. The Hall–Kier alpha value is -2.10. The minimum Gasteiger partial charge on any atom is -0.317 e. The first kappa shape index (κ1) is 20.6. The maximum absolute atomic E-state index is 13.6. The van der Waals surface area contributed by atoms with E-state index >= 15 is 0 Å². The minimum atomic E-state index is -4.69. The van der Waals surface area contributed by atoms with Crippen molar-refractivity contribution in [3.05, 3.63) is 29.3 Å². The van der Waals surface area contributed by atoms with E-state index in [4.69, 9.17) is 0 Å². The van der Waals surface area contributed by atoms with Crippen LogP contribution in [0.3, 0.4) is 0 Å². The van der Waals surface area contributed by atoms with Crippen LogP contribution < -0.4 is 10.2 Å². The summed E-state index contributed by atoms with van der Waals surface area (Å²) in [6, 6.07) is 3.35. The number of amides is 1. The number of hydrogen-bond donors (Lipinski definition) is 1. The lowest BCUT2D eigenvalue weighted by atomic mass is 9.72. The van der Waals surface area contributed by atoms with Crippen LogP contribution in [0, 0.1) is 0 Å². The summed E-state index contributed by atoms with van der Waals surface area (Å²) in [5, 5.41) is 2.99. The molecule has 1 spiro atoms. The van der Waals surface area contributed by atoms with E-state index in [1.165, 1.54) is 6.07 Å². The molecule has 0 saturated carbocycles. The molecule has 1 amide bonds. The summed E-state index contributed by atoms with van der Waals surface area (Å²) >= 11 is 0. The van der Waals surface area contributed by atoms with Crippen LogP contribution in [0.1, 0.15) is 36.8 Å². The lowest BCUT2D eigenvalue weighted by Gasteiger charge is -2.34. The van der Waals surface area contributed by atoms with Crippen molar-refractivity contribution in [2.75, 3.05) is 24.5 Å². The van der Waals surface area contributed by atoms with Gasteiger partial charge in [0.1, 0.15) is 0 Å². The van der Waals surface area contributed by atoms with E-state index in [0.717, 1.165) is 17.0 Å². The van der Waals surface area contributed by atoms with E-state index in [9.17, 15) is 35.9 Å². The van der Waals surface area contributed by atoms with Crippen LogP contribution in [0.25, 0.3) is 0 Å². The van der Waals surface area contributed by atoms with Crippen molar-refractivity contribution in [3.8, 4) is 0 Å². The fourth-order valence-electron chi connectivity index (χ4n) is 3.99. The predicted molar refractivity (Wildman–Crippen MR) is 87.9 cm³/mol. The quantitative estimate of drug-likeness (QED) is 0.775. The first-order valence-corrected chi connectivity index (χ1v) is 8.77. The van der Waals surface area contributed by atoms with Crippen LogP contribution in [0.4, 0.5) is 32.0 Å². The molecule has 0 aliphatic carbocycles. The summed E-state index contributed by atoms with van der Waals surface area (Å²) in [6.45, 7) is -0.0150. The number of anilines is 1. The molecular weight excluding hydrogens is 390 g/mol. The molecule has 1 fully saturated rings. The van der Waals surface area contributed by atoms with E-state index in [1.807, 2.05) is 0 Å². The van der Waals surface area contributed by atoms with Gasteiger partial charge in [-0.1, -0.05) is 6.07 Å². The van der Waals surface area contributed by atoms with Gasteiger partial charge in [-0.15, -0.1) is 0 Å². The lowest BCUT2D eigenvalue weighted by molar-refractivity contribution is -0.142. The Bertz CT molecular complexity index is 781. The molecule has 0 radical (unpaired) electrons. The van der Waals surface area contributed by atoms with E-state index in [1.54, 1.807) is 0 Å². The molecule has 28 heavy (non-hydrogen) atoms. The number of alkyl halides is 6. The second kappa shape index (κ2) is 7.06. The topological polar surface area (TPSA) is 49.4 Å². The Morgan fingerprint density at radius 1 is 1.11 bits per heavy atom. The molecule has 154 valence electrons. The third-order valence-electron chi connectivity index (χ3n) is 5.25. The predicted octanol–water partition coefficient (Wildman–Crippen LogP) is 3.58. The third-order valence-corrected chi connectivity index (χ3v) is 5.25. The fraction of sp³-hybridized carbons (Fsp3) is 0.556. The molecule has 2 aliphatic rings. The van der Waals surface area contributed by atoms with Gasteiger partial charge in [0.2, 0.25) is 5.91 Å². The van der Waals surface area contributed by atoms with Crippen molar-refractivity contribution in [1.82, 2.24) is 5.32 Å². The Kier molecular flexibility index (Phi) is 5.20. The van der Waals surface area contributed by atoms with E-state index in [-0.39, 0.29) is 24.1 Å². The van der Waals surface area contributed by atoms with Gasteiger partial charge in [0.05, 0.1) is 23.9 Å². The molecule has 1 aromatic rings. The number of nitrogens with one attached hydrogen (secondary N) is 1. The first-order chi connectivity index (χ1) is 13.0. The molecule has 1 aromatic carbocycles.